The van der Waals surface area contributed by atoms with Crippen LogP contribution in [-0.2, 0) is 10.0 Å². The van der Waals surface area contributed by atoms with Crippen LogP contribution in [0.3, 0.4) is 0 Å². The molecule has 4 heteroatoms. The van der Waals surface area contributed by atoms with E-state index < -0.39 is 20.3 Å². The van der Waals surface area contributed by atoms with Crippen molar-refractivity contribution < 1.29 is 8.42 Å². The minimum Gasteiger partial charge on any atom is -0.212 e. The molecule has 0 aliphatic rings. The lowest BCUT2D eigenvalue weighted by atomic mass is 9.69. The van der Waals surface area contributed by atoms with Gasteiger partial charge in [-0.3, -0.25) is 0 Å². The van der Waals surface area contributed by atoms with Crippen LogP contribution in [0.25, 0.3) is 0 Å². The average Bonchev–Trinajstić information content (AvgIpc) is 2.36. The molecule has 0 saturated carbocycles. The van der Waals surface area contributed by atoms with Gasteiger partial charge in [-0.1, -0.05) is 34.6 Å². The molecule has 0 aliphatic heterocycles. The Morgan fingerprint density at radius 1 is 0.818 bits per heavy atom. The van der Waals surface area contributed by atoms with Gasteiger partial charge in [-0.05, 0) is 65.7 Å². The Morgan fingerprint density at radius 3 is 1.36 bits per heavy atom. The Labute approximate surface area is 139 Å². The summed E-state index contributed by atoms with van der Waals surface area (Å²) in [4.78, 5) is 0. The molecular formula is C18H39NO2S. The maximum atomic E-state index is 13.8. The standard InChI is InChI=1S/C18H39NO2S/c1-11-17(10,12-2)18(13-3,14-4)22(20,21)19(15(5)6)16(7,8)9/h15H,11-14H2,1-10H3. The Balaban J connectivity index is 6.50. The van der Waals surface area contributed by atoms with Gasteiger partial charge in [0.2, 0.25) is 10.0 Å². The van der Waals surface area contributed by atoms with Crippen LogP contribution in [0.1, 0.15) is 94.9 Å². The molecule has 0 radical (unpaired) electrons. The molecule has 0 amide bonds. The monoisotopic (exact) mass is 333 g/mol. The zero-order valence-electron chi connectivity index (χ0n) is 16.6. The van der Waals surface area contributed by atoms with Gasteiger partial charge in [0.05, 0.1) is 4.75 Å². The average molecular weight is 334 g/mol. The van der Waals surface area contributed by atoms with E-state index in [1.807, 2.05) is 48.5 Å². The predicted octanol–water partition coefficient (Wildman–Crippen LogP) is 5.21. The van der Waals surface area contributed by atoms with Crippen LogP contribution in [0.2, 0.25) is 0 Å². The number of hydrogen-bond donors (Lipinski definition) is 0. The summed E-state index contributed by atoms with van der Waals surface area (Å²) in [7, 11) is -3.43. The lowest BCUT2D eigenvalue weighted by Crippen LogP contribution is -2.62. The molecular weight excluding hydrogens is 294 g/mol. The third kappa shape index (κ3) is 3.38. The summed E-state index contributed by atoms with van der Waals surface area (Å²) in [5, 5.41) is 0. The van der Waals surface area contributed by atoms with Gasteiger partial charge in [-0.25, -0.2) is 8.42 Å². The largest absolute Gasteiger partial charge is 0.221 e. The summed E-state index contributed by atoms with van der Waals surface area (Å²) < 4.78 is 28.6. The minimum absolute atomic E-state index is 0.0413. The number of nitrogens with zero attached hydrogens (tertiary/aromatic N) is 1. The van der Waals surface area contributed by atoms with Gasteiger partial charge in [0.25, 0.3) is 0 Å². The van der Waals surface area contributed by atoms with E-state index in [2.05, 4.69) is 20.8 Å². The molecule has 0 unspecified atom stereocenters. The highest BCUT2D eigenvalue weighted by Gasteiger charge is 2.57. The van der Waals surface area contributed by atoms with Crippen molar-refractivity contribution in [3.63, 3.8) is 0 Å². The molecule has 22 heavy (non-hydrogen) atoms. The first-order valence-corrected chi connectivity index (χ1v) is 10.3. The zero-order valence-corrected chi connectivity index (χ0v) is 17.4. The first-order valence-electron chi connectivity index (χ1n) is 8.85. The van der Waals surface area contributed by atoms with Crippen molar-refractivity contribution >= 4 is 10.0 Å². The summed E-state index contributed by atoms with van der Waals surface area (Å²) in [6.45, 7) is 20.4. The summed E-state index contributed by atoms with van der Waals surface area (Å²) in [6, 6.07) is -0.0413. The van der Waals surface area contributed by atoms with Crippen molar-refractivity contribution in [3.05, 3.63) is 0 Å². The molecule has 0 aliphatic carbocycles. The second-order valence-electron chi connectivity index (χ2n) is 8.03. The molecule has 3 nitrogen and oxygen atoms in total. The first-order chi connectivity index (χ1) is 9.81. The quantitative estimate of drug-likeness (QED) is 0.611. The minimum atomic E-state index is -3.43. The molecule has 0 rings (SSSR count). The Kier molecular flexibility index (Phi) is 7.18. The summed E-state index contributed by atoms with van der Waals surface area (Å²) in [5.74, 6) is 0. The summed E-state index contributed by atoms with van der Waals surface area (Å²) in [5.41, 5.74) is -0.626. The predicted molar refractivity (Wildman–Crippen MR) is 97.6 cm³/mol. The highest BCUT2D eigenvalue weighted by molar-refractivity contribution is 7.90. The zero-order chi connectivity index (χ0) is 18.0. The van der Waals surface area contributed by atoms with Gasteiger partial charge in [-0.15, -0.1) is 0 Å². The van der Waals surface area contributed by atoms with Crippen LogP contribution in [0.5, 0.6) is 0 Å². The second kappa shape index (κ2) is 7.21. The molecule has 0 saturated heterocycles. The van der Waals surface area contributed by atoms with Crippen molar-refractivity contribution in [2.45, 2.75) is 111 Å². The van der Waals surface area contributed by atoms with Crippen LogP contribution in [0, 0.1) is 5.41 Å². The molecule has 0 heterocycles. The van der Waals surface area contributed by atoms with Crippen molar-refractivity contribution in [2.75, 3.05) is 0 Å². The Morgan fingerprint density at radius 2 is 1.18 bits per heavy atom. The van der Waals surface area contributed by atoms with E-state index in [0.29, 0.717) is 12.8 Å². The van der Waals surface area contributed by atoms with Gasteiger partial charge in [0.1, 0.15) is 0 Å². The van der Waals surface area contributed by atoms with Crippen molar-refractivity contribution in [1.29, 1.82) is 0 Å². The highest BCUT2D eigenvalue weighted by atomic mass is 32.2. The van der Waals surface area contributed by atoms with Gasteiger partial charge < -0.3 is 0 Å². The van der Waals surface area contributed by atoms with E-state index in [1.54, 1.807) is 4.31 Å². The third-order valence-corrected chi connectivity index (χ3v) is 9.23. The number of rotatable bonds is 8. The smallest absolute Gasteiger partial charge is 0.212 e. The van der Waals surface area contributed by atoms with Gasteiger partial charge >= 0.3 is 0 Å². The molecule has 0 spiro atoms. The lowest BCUT2D eigenvalue weighted by molar-refractivity contribution is 0.146. The Hall–Kier alpha value is -0.0900. The normalized spacial score (nSPS) is 14.9. The molecule has 0 N–H and O–H groups in total. The number of sulfonamides is 1. The van der Waals surface area contributed by atoms with Crippen LogP contribution in [-0.4, -0.2) is 29.1 Å². The molecule has 0 fully saturated rings. The van der Waals surface area contributed by atoms with Gasteiger partial charge in [0, 0.05) is 11.6 Å². The van der Waals surface area contributed by atoms with Crippen LogP contribution >= 0.6 is 0 Å². The van der Waals surface area contributed by atoms with E-state index in [9.17, 15) is 8.42 Å². The van der Waals surface area contributed by atoms with E-state index >= 15 is 0 Å². The maximum absolute atomic E-state index is 13.8. The third-order valence-electron chi connectivity index (χ3n) is 5.69. The topological polar surface area (TPSA) is 37.4 Å². The van der Waals surface area contributed by atoms with E-state index in [-0.39, 0.29) is 11.5 Å². The molecule has 0 aromatic heterocycles. The Bertz CT molecular complexity index is 438. The van der Waals surface area contributed by atoms with Crippen molar-refractivity contribution in [2.24, 2.45) is 5.41 Å². The van der Waals surface area contributed by atoms with Crippen LogP contribution < -0.4 is 0 Å². The van der Waals surface area contributed by atoms with E-state index in [1.165, 1.54) is 0 Å². The van der Waals surface area contributed by atoms with Gasteiger partial charge in [0.15, 0.2) is 0 Å². The fourth-order valence-corrected chi connectivity index (χ4v) is 7.57. The first kappa shape index (κ1) is 21.9. The van der Waals surface area contributed by atoms with E-state index in [0.717, 1.165) is 12.8 Å². The van der Waals surface area contributed by atoms with Crippen LogP contribution in [0.15, 0.2) is 0 Å². The van der Waals surface area contributed by atoms with Crippen molar-refractivity contribution in [1.82, 2.24) is 4.31 Å². The summed E-state index contributed by atoms with van der Waals surface area (Å²) in [6.07, 6.45) is 3.06. The lowest BCUT2D eigenvalue weighted by Gasteiger charge is -2.52. The molecule has 0 aromatic carbocycles. The fraction of sp³-hybridized carbons (Fsp3) is 1.00. The fourth-order valence-electron chi connectivity index (χ4n) is 4.28. The summed E-state index contributed by atoms with van der Waals surface area (Å²) >= 11 is 0. The van der Waals surface area contributed by atoms with Crippen molar-refractivity contribution in [3.8, 4) is 0 Å². The number of hydrogen-bond acceptors (Lipinski definition) is 2. The SMILES string of the molecule is CCC(C)(CC)C(CC)(CC)S(=O)(=O)N(C(C)C)C(C)(C)C. The maximum Gasteiger partial charge on any atom is 0.221 e. The molecule has 134 valence electrons. The van der Waals surface area contributed by atoms with E-state index in [4.69, 9.17) is 0 Å². The molecule has 0 aromatic rings. The highest BCUT2D eigenvalue weighted by Crippen LogP contribution is 2.50. The molecule has 0 bridgehead atoms. The van der Waals surface area contributed by atoms with Gasteiger partial charge in [-0.2, -0.15) is 4.31 Å². The van der Waals surface area contributed by atoms with Crippen LogP contribution in [0.4, 0.5) is 0 Å². The second-order valence-corrected chi connectivity index (χ2v) is 10.2. The molecule has 0 atom stereocenters.